The van der Waals surface area contributed by atoms with Crippen molar-refractivity contribution < 1.29 is 14.0 Å². The lowest BCUT2D eigenvalue weighted by atomic mass is 9.97. The van der Waals surface area contributed by atoms with E-state index in [4.69, 9.17) is 4.42 Å². The zero-order valence-corrected chi connectivity index (χ0v) is 12.1. The molecule has 2 fully saturated rings. The van der Waals surface area contributed by atoms with Gasteiger partial charge in [-0.25, -0.2) is 0 Å². The van der Waals surface area contributed by atoms with E-state index >= 15 is 0 Å². The molecule has 22 heavy (non-hydrogen) atoms. The van der Waals surface area contributed by atoms with Gasteiger partial charge in [-0.15, -0.1) is 0 Å². The third kappa shape index (κ3) is 2.39. The third-order valence-corrected chi connectivity index (χ3v) is 4.57. The summed E-state index contributed by atoms with van der Waals surface area (Å²) in [4.78, 5) is 29.7. The second-order valence-electron chi connectivity index (χ2n) is 6.19. The van der Waals surface area contributed by atoms with E-state index in [1.807, 2.05) is 0 Å². The minimum atomic E-state index is -0.182. The number of nitrogens with zero attached hydrogens (tertiary/aromatic N) is 2. The van der Waals surface area contributed by atoms with Crippen molar-refractivity contribution in [3.05, 3.63) is 29.8 Å². The Morgan fingerprint density at radius 3 is 3.14 bits per heavy atom. The van der Waals surface area contributed by atoms with Crippen molar-refractivity contribution in [2.24, 2.45) is 5.92 Å². The highest BCUT2D eigenvalue weighted by atomic mass is 16.3. The number of rotatable bonds is 3. The second-order valence-corrected chi connectivity index (χ2v) is 6.19. The van der Waals surface area contributed by atoms with Crippen molar-refractivity contribution in [1.82, 2.24) is 15.2 Å². The van der Waals surface area contributed by atoms with Gasteiger partial charge in [0.1, 0.15) is 11.3 Å². The molecule has 2 bridgehead atoms. The molecule has 0 aromatic carbocycles. The summed E-state index contributed by atoms with van der Waals surface area (Å²) in [5, 5.41) is 3.79. The SMILES string of the molecule is O=Cc1cc2cnc(C(=O)N[C@@H]3CC4CCN(C4)C3)cc2o1. The van der Waals surface area contributed by atoms with Gasteiger partial charge in [-0.2, -0.15) is 0 Å². The summed E-state index contributed by atoms with van der Waals surface area (Å²) in [5.41, 5.74) is 0.835. The maximum atomic E-state index is 12.4. The van der Waals surface area contributed by atoms with Crippen LogP contribution in [0.5, 0.6) is 0 Å². The van der Waals surface area contributed by atoms with Crippen LogP contribution in [0.25, 0.3) is 11.0 Å². The number of furan rings is 1. The molecule has 4 heterocycles. The maximum absolute atomic E-state index is 12.4. The smallest absolute Gasteiger partial charge is 0.270 e. The first-order chi connectivity index (χ1) is 10.7. The number of fused-ring (bicyclic) bond motifs is 3. The highest BCUT2D eigenvalue weighted by molar-refractivity contribution is 5.96. The fraction of sp³-hybridized carbons (Fsp3) is 0.438. The minimum absolute atomic E-state index is 0.182. The summed E-state index contributed by atoms with van der Waals surface area (Å²) < 4.78 is 5.35. The molecule has 3 atom stereocenters. The molecule has 2 saturated heterocycles. The fourth-order valence-corrected chi connectivity index (χ4v) is 3.56. The van der Waals surface area contributed by atoms with Crippen LogP contribution < -0.4 is 5.32 Å². The molecule has 0 saturated carbocycles. The van der Waals surface area contributed by atoms with Crippen molar-refractivity contribution in [3.8, 4) is 0 Å². The lowest BCUT2D eigenvalue weighted by Gasteiger charge is -2.30. The Kier molecular flexibility index (Phi) is 3.18. The Morgan fingerprint density at radius 1 is 1.41 bits per heavy atom. The van der Waals surface area contributed by atoms with Crippen molar-refractivity contribution in [2.75, 3.05) is 19.6 Å². The van der Waals surface area contributed by atoms with E-state index in [-0.39, 0.29) is 17.7 Å². The van der Waals surface area contributed by atoms with E-state index in [0.717, 1.165) is 31.4 Å². The predicted octanol–water partition coefficient (Wildman–Crippen LogP) is 1.46. The van der Waals surface area contributed by atoms with Gasteiger partial charge in [0.2, 0.25) is 0 Å². The summed E-state index contributed by atoms with van der Waals surface area (Å²) in [6, 6.07) is 3.40. The van der Waals surface area contributed by atoms with Crippen LogP contribution in [0.3, 0.4) is 0 Å². The summed E-state index contributed by atoms with van der Waals surface area (Å²) >= 11 is 0. The van der Waals surface area contributed by atoms with Gasteiger partial charge in [0.15, 0.2) is 12.0 Å². The van der Waals surface area contributed by atoms with Crippen LogP contribution in [0.1, 0.15) is 33.9 Å². The third-order valence-electron chi connectivity index (χ3n) is 4.57. The maximum Gasteiger partial charge on any atom is 0.270 e. The molecule has 6 heteroatoms. The topological polar surface area (TPSA) is 75.4 Å². The van der Waals surface area contributed by atoms with Gasteiger partial charge in [0, 0.05) is 36.8 Å². The number of nitrogens with one attached hydrogen (secondary N) is 1. The number of pyridine rings is 1. The van der Waals surface area contributed by atoms with Gasteiger partial charge in [0.25, 0.3) is 5.91 Å². The van der Waals surface area contributed by atoms with Gasteiger partial charge < -0.3 is 14.6 Å². The van der Waals surface area contributed by atoms with Crippen molar-refractivity contribution in [3.63, 3.8) is 0 Å². The molecular weight excluding hydrogens is 282 g/mol. The van der Waals surface area contributed by atoms with Crippen LogP contribution >= 0.6 is 0 Å². The van der Waals surface area contributed by atoms with E-state index in [2.05, 4.69) is 15.2 Å². The van der Waals surface area contributed by atoms with Crippen LogP contribution in [0.15, 0.2) is 22.7 Å². The lowest BCUT2D eigenvalue weighted by molar-refractivity contribution is 0.0904. The quantitative estimate of drug-likeness (QED) is 0.869. The van der Waals surface area contributed by atoms with Gasteiger partial charge in [-0.05, 0) is 31.4 Å². The first-order valence-electron chi connectivity index (χ1n) is 7.59. The van der Waals surface area contributed by atoms with Crippen LogP contribution in [0, 0.1) is 5.92 Å². The zero-order chi connectivity index (χ0) is 15.1. The molecule has 2 aromatic rings. The monoisotopic (exact) mass is 299 g/mol. The first-order valence-corrected chi connectivity index (χ1v) is 7.59. The standard InChI is InChI=1S/C16H17N3O3/c20-9-13-4-11-6-17-14(5-15(11)22-13)16(21)18-12-3-10-1-2-19(7-10)8-12/h4-6,9-10,12H,1-3,7-8H2,(H,18,21)/t10?,12-/m1/s1. The lowest BCUT2D eigenvalue weighted by Crippen LogP contribution is -2.47. The van der Waals surface area contributed by atoms with E-state index in [1.54, 1.807) is 18.3 Å². The highest BCUT2D eigenvalue weighted by Crippen LogP contribution is 2.27. The number of carbonyl (C=O) groups is 2. The molecule has 2 aliphatic heterocycles. The molecule has 0 aliphatic carbocycles. The molecule has 0 radical (unpaired) electrons. The van der Waals surface area contributed by atoms with Crippen LogP contribution in [0.2, 0.25) is 0 Å². The van der Waals surface area contributed by atoms with Crippen LogP contribution in [-0.2, 0) is 0 Å². The van der Waals surface area contributed by atoms with Crippen molar-refractivity contribution >= 4 is 23.2 Å². The Balaban J connectivity index is 1.51. The Hall–Kier alpha value is -2.21. The number of carbonyl (C=O) groups excluding carboxylic acids is 2. The second kappa shape index (κ2) is 5.21. The minimum Gasteiger partial charge on any atom is -0.453 e. The average molecular weight is 299 g/mol. The molecule has 6 nitrogen and oxygen atoms in total. The van der Waals surface area contributed by atoms with E-state index in [1.165, 1.54) is 6.42 Å². The first kappa shape index (κ1) is 13.5. The molecule has 1 amide bonds. The number of piperidine rings is 1. The Bertz CT molecular complexity index is 727. The zero-order valence-electron chi connectivity index (χ0n) is 12.1. The van der Waals surface area contributed by atoms with Gasteiger partial charge >= 0.3 is 0 Å². The van der Waals surface area contributed by atoms with Gasteiger partial charge in [-0.3, -0.25) is 14.6 Å². The van der Waals surface area contributed by atoms with Crippen LogP contribution in [0.4, 0.5) is 0 Å². The van der Waals surface area contributed by atoms with Gasteiger partial charge in [-0.1, -0.05) is 0 Å². The summed E-state index contributed by atoms with van der Waals surface area (Å²) in [5.74, 6) is 0.763. The average Bonchev–Trinajstić information content (AvgIpc) is 3.09. The predicted molar refractivity (Wildman–Crippen MR) is 79.8 cm³/mol. The van der Waals surface area contributed by atoms with Crippen LogP contribution in [-0.4, -0.2) is 47.8 Å². The summed E-state index contributed by atoms with van der Waals surface area (Å²) in [6.45, 7) is 3.22. The summed E-state index contributed by atoms with van der Waals surface area (Å²) in [7, 11) is 0. The molecule has 1 N–H and O–H groups in total. The highest BCUT2D eigenvalue weighted by Gasteiger charge is 2.33. The van der Waals surface area contributed by atoms with E-state index in [9.17, 15) is 9.59 Å². The molecular formula is C16H17N3O3. The number of aromatic nitrogens is 1. The normalized spacial score (nSPS) is 27.0. The number of hydrogen-bond donors (Lipinski definition) is 1. The molecule has 2 aliphatic rings. The van der Waals surface area contributed by atoms with Gasteiger partial charge in [0.05, 0.1) is 0 Å². The molecule has 0 spiro atoms. The Labute approximate surface area is 127 Å². The van der Waals surface area contributed by atoms with Crippen molar-refractivity contribution in [1.29, 1.82) is 0 Å². The summed E-state index contributed by atoms with van der Waals surface area (Å²) in [6.07, 6.45) is 4.48. The van der Waals surface area contributed by atoms with Crippen molar-refractivity contribution in [2.45, 2.75) is 18.9 Å². The molecule has 2 unspecified atom stereocenters. The Morgan fingerprint density at radius 2 is 2.32 bits per heavy atom. The number of aldehydes is 1. The number of amides is 1. The largest absolute Gasteiger partial charge is 0.453 e. The molecule has 114 valence electrons. The van der Waals surface area contributed by atoms with E-state index < -0.39 is 0 Å². The number of hydrogen-bond acceptors (Lipinski definition) is 5. The van der Waals surface area contributed by atoms with E-state index in [0.29, 0.717) is 23.5 Å². The molecule has 2 aromatic heterocycles. The fourth-order valence-electron chi connectivity index (χ4n) is 3.56. The molecule has 4 rings (SSSR count).